The molecule has 0 radical (unpaired) electrons. The van der Waals surface area contributed by atoms with Gasteiger partial charge in [0.25, 0.3) is 5.56 Å². The zero-order valence-electron chi connectivity index (χ0n) is 7.48. The van der Waals surface area contributed by atoms with Gasteiger partial charge in [0.05, 0.1) is 0 Å². The van der Waals surface area contributed by atoms with Gasteiger partial charge < -0.3 is 4.98 Å². The number of hydrogen-bond donors (Lipinski definition) is 2. The Morgan fingerprint density at radius 3 is 2.46 bits per heavy atom. The molecule has 0 saturated heterocycles. The zero-order valence-corrected chi connectivity index (χ0v) is 9.06. The molecule has 4 nitrogen and oxygen atoms in total. The molecule has 0 atom stereocenters. The summed E-state index contributed by atoms with van der Waals surface area (Å²) in [5.41, 5.74) is -0.174. The van der Waals surface area contributed by atoms with Gasteiger partial charge in [-0.15, -0.1) is 0 Å². The molecule has 13 heavy (non-hydrogen) atoms. The van der Waals surface area contributed by atoms with Crippen molar-refractivity contribution >= 4 is 15.9 Å². The lowest BCUT2D eigenvalue weighted by molar-refractivity contribution is 0.628. The highest BCUT2D eigenvalue weighted by Gasteiger charge is 2.07. The fraction of sp³-hybridized carbons (Fsp3) is 0.500. The van der Waals surface area contributed by atoms with E-state index in [9.17, 15) is 9.59 Å². The molecule has 72 valence electrons. The van der Waals surface area contributed by atoms with Crippen molar-refractivity contribution in [2.75, 3.05) is 0 Å². The minimum Gasteiger partial charge on any atom is -0.310 e. The first kappa shape index (κ1) is 10.2. The van der Waals surface area contributed by atoms with Gasteiger partial charge in [-0.3, -0.25) is 9.78 Å². The third kappa shape index (κ3) is 2.55. The standard InChI is InChI=1S/C8H11BrN2O2/c1-4(2)3-5-6(9)7(12)11-8(13)10-5/h4H,3H2,1-2H3,(H2,10,11,12,13). The second-order valence-corrected chi connectivity index (χ2v) is 4.09. The Bertz CT molecular complexity index is 405. The predicted octanol–water partition coefficient (Wildman–Crippen LogP) is 1.02. The number of rotatable bonds is 2. The monoisotopic (exact) mass is 246 g/mol. The van der Waals surface area contributed by atoms with E-state index in [4.69, 9.17) is 0 Å². The summed E-state index contributed by atoms with van der Waals surface area (Å²) in [6, 6.07) is 0. The molecule has 0 amide bonds. The molecule has 1 aromatic heterocycles. The minimum atomic E-state index is -0.455. The fourth-order valence-electron chi connectivity index (χ4n) is 1.07. The molecule has 5 heteroatoms. The van der Waals surface area contributed by atoms with Crippen LogP contribution in [-0.4, -0.2) is 9.97 Å². The highest BCUT2D eigenvalue weighted by atomic mass is 79.9. The number of aromatic nitrogens is 2. The van der Waals surface area contributed by atoms with Crippen LogP contribution in [0.3, 0.4) is 0 Å². The topological polar surface area (TPSA) is 65.7 Å². The Balaban J connectivity index is 3.21. The summed E-state index contributed by atoms with van der Waals surface area (Å²) in [4.78, 5) is 26.8. The first-order valence-corrected chi connectivity index (χ1v) is 4.81. The van der Waals surface area contributed by atoms with Gasteiger partial charge in [0.2, 0.25) is 0 Å². The summed E-state index contributed by atoms with van der Waals surface area (Å²) < 4.78 is 0.417. The first-order valence-electron chi connectivity index (χ1n) is 4.01. The number of hydrogen-bond acceptors (Lipinski definition) is 2. The van der Waals surface area contributed by atoms with Gasteiger partial charge in [-0.2, -0.15) is 0 Å². The van der Waals surface area contributed by atoms with Gasteiger partial charge in [-0.25, -0.2) is 4.79 Å². The van der Waals surface area contributed by atoms with Crippen molar-refractivity contribution in [1.29, 1.82) is 0 Å². The maximum Gasteiger partial charge on any atom is 0.325 e. The Morgan fingerprint density at radius 2 is 1.92 bits per heavy atom. The van der Waals surface area contributed by atoms with Gasteiger partial charge in [-0.05, 0) is 28.3 Å². The van der Waals surface area contributed by atoms with Crippen molar-refractivity contribution in [1.82, 2.24) is 9.97 Å². The van der Waals surface area contributed by atoms with E-state index < -0.39 is 5.69 Å². The van der Waals surface area contributed by atoms with Crippen LogP contribution in [0, 0.1) is 5.92 Å². The molecule has 1 heterocycles. The van der Waals surface area contributed by atoms with Crippen LogP contribution in [0.5, 0.6) is 0 Å². The quantitative estimate of drug-likeness (QED) is 0.819. The van der Waals surface area contributed by atoms with E-state index in [0.717, 1.165) is 0 Å². The van der Waals surface area contributed by atoms with Gasteiger partial charge in [0.15, 0.2) is 0 Å². The maximum absolute atomic E-state index is 11.1. The molecule has 0 aliphatic carbocycles. The molecular weight excluding hydrogens is 236 g/mol. The normalized spacial score (nSPS) is 10.8. The van der Waals surface area contributed by atoms with Crippen LogP contribution in [0.1, 0.15) is 19.5 Å². The lowest BCUT2D eigenvalue weighted by Crippen LogP contribution is -2.25. The molecule has 1 rings (SSSR count). The highest BCUT2D eigenvalue weighted by Crippen LogP contribution is 2.11. The van der Waals surface area contributed by atoms with Crippen LogP contribution in [0.4, 0.5) is 0 Å². The molecule has 0 unspecified atom stereocenters. The number of H-pyrrole nitrogens is 2. The average Bonchev–Trinajstić information content (AvgIpc) is 1.98. The van der Waals surface area contributed by atoms with Crippen molar-refractivity contribution in [2.24, 2.45) is 5.92 Å². The molecule has 2 N–H and O–H groups in total. The van der Waals surface area contributed by atoms with Crippen LogP contribution in [0.15, 0.2) is 14.1 Å². The molecule has 0 saturated carbocycles. The molecule has 0 spiro atoms. The third-order valence-corrected chi connectivity index (χ3v) is 2.41. The second kappa shape index (κ2) is 3.91. The molecule has 1 aromatic rings. The van der Waals surface area contributed by atoms with E-state index in [-0.39, 0.29) is 5.56 Å². The molecule has 0 bridgehead atoms. The molecular formula is C8H11BrN2O2. The van der Waals surface area contributed by atoms with E-state index in [2.05, 4.69) is 25.9 Å². The smallest absolute Gasteiger partial charge is 0.310 e. The summed E-state index contributed by atoms with van der Waals surface area (Å²) in [7, 11) is 0. The molecule has 0 fully saturated rings. The average molecular weight is 247 g/mol. The number of halogens is 1. The van der Waals surface area contributed by atoms with Crippen molar-refractivity contribution in [2.45, 2.75) is 20.3 Å². The van der Waals surface area contributed by atoms with Gasteiger partial charge in [0, 0.05) is 5.69 Å². The molecule has 0 aromatic carbocycles. The molecule has 0 aliphatic heterocycles. The predicted molar refractivity (Wildman–Crippen MR) is 53.9 cm³/mol. The summed E-state index contributed by atoms with van der Waals surface area (Å²) in [6.07, 6.45) is 0.680. The Hall–Kier alpha value is -0.840. The number of aromatic amines is 2. The minimum absolute atomic E-state index is 0.376. The van der Waals surface area contributed by atoms with Crippen LogP contribution >= 0.6 is 15.9 Å². The van der Waals surface area contributed by atoms with E-state index in [1.54, 1.807) is 0 Å². The Morgan fingerprint density at radius 1 is 1.31 bits per heavy atom. The zero-order chi connectivity index (χ0) is 10.0. The maximum atomic E-state index is 11.1. The van der Waals surface area contributed by atoms with E-state index >= 15 is 0 Å². The van der Waals surface area contributed by atoms with E-state index in [1.807, 2.05) is 13.8 Å². The summed E-state index contributed by atoms with van der Waals surface area (Å²) in [6.45, 7) is 4.04. The first-order chi connectivity index (χ1) is 6.00. The fourth-order valence-corrected chi connectivity index (χ4v) is 1.43. The van der Waals surface area contributed by atoms with Crippen molar-refractivity contribution in [3.8, 4) is 0 Å². The van der Waals surface area contributed by atoms with E-state index in [1.165, 1.54) is 0 Å². The number of nitrogens with one attached hydrogen (secondary N) is 2. The Kier molecular flexibility index (Phi) is 3.08. The third-order valence-electron chi connectivity index (χ3n) is 1.57. The van der Waals surface area contributed by atoms with Crippen molar-refractivity contribution in [3.05, 3.63) is 31.0 Å². The van der Waals surface area contributed by atoms with Crippen LogP contribution < -0.4 is 11.2 Å². The Labute approximate surface area is 83.5 Å². The second-order valence-electron chi connectivity index (χ2n) is 3.30. The molecule has 0 aliphatic rings. The van der Waals surface area contributed by atoms with Gasteiger partial charge >= 0.3 is 5.69 Å². The summed E-state index contributed by atoms with van der Waals surface area (Å²) >= 11 is 3.13. The lowest BCUT2D eigenvalue weighted by Gasteiger charge is -2.05. The SMILES string of the molecule is CC(C)Cc1[nH]c(=O)[nH]c(=O)c1Br. The summed E-state index contributed by atoms with van der Waals surface area (Å²) in [5.74, 6) is 0.397. The van der Waals surface area contributed by atoms with Gasteiger partial charge in [-0.1, -0.05) is 13.8 Å². The lowest BCUT2D eigenvalue weighted by atomic mass is 10.1. The van der Waals surface area contributed by atoms with Gasteiger partial charge in [0.1, 0.15) is 4.47 Å². The van der Waals surface area contributed by atoms with Crippen molar-refractivity contribution in [3.63, 3.8) is 0 Å². The highest BCUT2D eigenvalue weighted by molar-refractivity contribution is 9.10. The van der Waals surface area contributed by atoms with Crippen molar-refractivity contribution < 1.29 is 0 Å². The van der Waals surface area contributed by atoms with Crippen LogP contribution in [0.2, 0.25) is 0 Å². The summed E-state index contributed by atoms with van der Waals surface area (Å²) in [5, 5.41) is 0. The van der Waals surface area contributed by atoms with Crippen LogP contribution in [-0.2, 0) is 6.42 Å². The van der Waals surface area contributed by atoms with E-state index in [0.29, 0.717) is 22.5 Å². The van der Waals surface area contributed by atoms with Crippen LogP contribution in [0.25, 0.3) is 0 Å². The largest absolute Gasteiger partial charge is 0.325 e.